The van der Waals surface area contributed by atoms with E-state index in [9.17, 15) is 9.59 Å². The highest BCUT2D eigenvalue weighted by atomic mass is 16.2. The van der Waals surface area contributed by atoms with E-state index < -0.39 is 0 Å². The molecular formula is C14H19N3O2. The number of carbonyl (C=O) groups excluding carboxylic acids is 2. The van der Waals surface area contributed by atoms with Gasteiger partial charge in [-0.3, -0.25) is 9.59 Å². The molecular weight excluding hydrogens is 242 g/mol. The second-order valence-corrected chi connectivity index (χ2v) is 4.76. The smallest absolute Gasteiger partial charge is 0.251 e. The zero-order valence-corrected chi connectivity index (χ0v) is 10.8. The number of benzene rings is 1. The minimum Gasteiger partial charge on any atom is -0.352 e. The lowest BCUT2D eigenvalue weighted by Gasteiger charge is -2.06. The van der Waals surface area contributed by atoms with E-state index in [0.717, 1.165) is 24.8 Å². The molecule has 1 aromatic carbocycles. The molecule has 0 radical (unpaired) electrons. The van der Waals surface area contributed by atoms with E-state index in [1.807, 2.05) is 12.1 Å². The van der Waals surface area contributed by atoms with Gasteiger partial charge in [0, 0.05) is 11.6 Å². The van der Waals surface area contributed by atoms with Crippen LogP contribution in [-0.2, 0) is 11.2 Å². The molecule has 0 spiro atoms. The molecule has 5 heteroatoms. The fourth-order valence-electron chi connectivity index (χ4n) is 1.76. The summed E-state index contributed by atoms with van der Waals surface area (Å²) >= 11 is 0. The summed E-state index contributed by atoms with van der Waals surface area (Å²) in [6.45, 7) is 0.618. The monoisotopic (exact) mass is 261 g/mol. The molecule has 1 saturated carbocycles. The van der Waals surface area contributed by atoms with Crippen molar-refractivity contribution in [3.8, 4) is 0 Å². The van der Waals surface area contributed by atoms with E-state index >= 15 is 0 Å². The predicted molar refractivity (Wildman–Crippen MR) is 72.7 cm³/mol. The van der Waals surface area contributed by atoms with Gasteiger partial charge in [-0.2, -0.15) is 0 Å². The molecule has 0 heterocycles. The quantitative estimate of drug-likeness (QED) is 0.684. The number of amides is 2. The molecule has 0 aromatic heterocycles. The minimum absolute atomic E-state index is 0.0277. The van der Waals surface area contributed by atoms with E-state index in [0.29, 0.717) is 18.2 Å². The number of nitrogens with two attached hydrogens (primary N) is 1. The van der Waals surface area contributed by atoms with Crippen LogP contribution in [0.15, 0.2) is 24.3 Å². The molecule has 0 atom stereocenters. The lowest BCUT2D eigenvalue weighted by atomic mass is 10.1. The maximum Gasteiger partial charge on any atom is 0.251 e. The van der Waals surface area contributed by atoms with Gasteiger partial charge in [0.25, 0.3) is 5.91 Å². The van der Waals surface area contributed by atoms with Gasteiger partial charge in [-0.15, -0.1) is 0 Å². The highest BCUT2D eigenvalue weighted by molar-refractivity contribution is 5.96. The summed E-state index contributed by atoms with van der Waals surface area (Å²) in [5.74, 6) is -0.360. The van der Waals surface area contributed by atoms with E-state index in [-0.39, 0.29) is 18.4 Å². The molecule has 2 rings (SSSR count). The molecule has 4 N–H and O–H groups in total. The van der Waals surface area contributed by atoms with Crippen LogP contribution < -0.4 is 16.4 Å². The van der Waals surface area contributed by atoms with E-state index in [2.05, 4.69) is 10.6 Å². The average molecular weight is 261 g/mol. The summed E-state index contributed by atoms with van der Waals surface area (Å²) in [6, 6.07) is 7.58. The third kappa shape index (κ3) is 4.37. The van der Waals surface area contributed by atoms with E-state index in [1.54, 1.807) is 12.1 Å². The van der Waals surface area contributed by atoms with Crippen LogP contribution >= 0.6 is 0 Å². The molecule has 0 unspecified atom stereocenters. The molecule has 2 amide bonds. The third-order valence-corrected chi connectivity index (χ3v) is 3.00. The van der Waals surface area contributed by atoms with Crippen molar-refractivity contribution in [3.05, 3.63) is 35.4 Å². The lowest BCUT2D eigenvalue weighted by molar-refractivity contribution is -0.120. The summed E-state index contributed by atoms with van der Waals surface area (Å²) in [6.07, 6.45) is 2.89. The second-order valence-electron chi connectivity index (χ2n) is 4.76. The molecule has 0 bridgehead atoms. The van der Waals surface area contributed by atoms with Crippen molar-refractivity contribution < 1.29 is 9.59 Å². The lowest BCUT2D eigenvalue weighted by Crippen LogP contribution is -2.37. The molecule has 19 heavy (non-hydrogen) atoms. The number of nitrogens with one attached hydrogen (secondary N) is 2. The third-order valence-electron chi connectivity index (χ3n) is 3.00. The fraction of sp³-hybridized carbons (Fsp3) is 0.429. The Balaban J connectivity index is 1.79. The van der Waals surface area contributed by atoms with Crippen LogP contribution in [0.4, 0.5) is 0 Å². The molecule has 1 aromatic rings. The Morgan fingerprint density at radius 1 is 1.21 bits per heavy atom. The van der Waals surface area contributed by atoms with E-state index in [1.165, 1.54) is 0 Å². The molecule has 102 valence electrons. The molecule has 1 aliphatic rings. The van der Waals surface area contributed by atoms with Gasteiger partial charge in [0.1, 0.15) is 0 Å². The Hall–Kier alpha value is -1.88. The summed E-state index contributed by atoms with van der Waals surface area (Å²) in [7, 11) is 0. The summed E-state index contributed by atoms with van der Waals surface area (Å²) < 4.78 is 0. The largest absolute Gasteiger partial charge is 0.352 e. The van der Waals surface area contributed by atoms with Crippen molar-refractivity contribution in [3.63, 3.8) is 0 Å². The minimum atomic E-state index is -0.231. The first-order valence-electron chi connectivity index (χ1n) is 6.55. The van der Waals surface area contributed by atoms with Gasteiger partial charge >= 0.3 is 0 Å². The average Bonchev–Trinajstić information content (AvgIpc) is 3.21. The van der Waals surface area contributed by atoms with Crippen LogP contribution in [-0.4, -0.2) is 30.9 Å². The first-order chi connectivity index (χ1) is 9.19. The first-order valence-corrected chi connectivity index (χ1v) is 6.55. The SMILES string of the molecule is NCCc1ccc(C(=O)NCC(=O)NC2CC2)cc1. The number of carbonyl (C=O) groups is 2. The van der Waals surface area contributed by atoms with Crippen LogP contribution in [0, 0.1) is 0 Å². The zero-order chi connectivity index (χ0) is 13.7. The standard InChI is InChI=1S/C14H19N3O2/c15-8-7-10-1-3-11(4-2-10)14(19)16-9-13(18)17-12-5-6-12/h1-4,12H,5-9,15H2,(H,16,19)(H,17,18). The van der Waals surface area contributed by atoms with Crippen molar-refractivity contribution >= 4 is 11.8 Å². The Morgan fingerprint density at radius 3 is 2.47 bits per heavy atom. The van der Waals surface area contributed by atoms with Gasteiger partial charge < -0.3 is 16.4 Å². The molecule has 5 nitrogen and oxygen atoms in total. The first kappa shape index (κ1) is 13.5. The summed E-state index contributed by atoms with van der Waals surface area (Å²) in [4.78, 5) is 23.2. The molecule has 0 aliphatic heterocycles. The molecule has 0 saturated heterocycles. The highest BCUT2D eigenvalue weighted by Gasteiger charge is 2.23. The summed E-state index contributed by atoms with van der Waals surface area (Å²) in [5, 5.41) is 5.43. The second kappa shape index (κ2) is 6.33. The maximum absolute atomic E-state index is 11.8. The van der Waals surface area contributed by atoms with Crippen molar-refractivity contribution in [1.29, 1.82) is 0 Å². The molecule has 1 aliphatic carbocycles. The number of hydrogen-bond donors (Lipinski definition) is 3. The van der Waals surface area contributed by atoms with Gasteiger partial charge in [-0.1, -0.05) is 12.1 Å². The normalized spacial score (nSPS) is 13.9. The van der Waals surface area contributed by atoms with Gasteiger partial charge in [0.15, 0.2) is 0 Å². The van der Waals surface area contributed by atoms with Crippen molar-refractivity contribution in [2.24, 2.45) is 5.73 Å². The van der Waals surface area contributed by atoms with Crippen LogP contribution in [0.3, 0.4) is 0 Å². The van der Waals surface area contributed by atoms with Crippen LogP contribution in [0.5, 0.6) is 0 Å². The molecule has 1 fully saturated rings. The number of rotatable bonds is 6. The predicted octanol–water partition coefficient (Wildman–Crippen LogP) is 0.196. The number of hydrogen-bond acceptors (Lipinski definition) is 3. The Bertz CT molecular complexity index is 452. The van der Waals surface area contributed by atoms with Gasteiger partial charge in [-0.25, -0.2) is 0 Å². The Labute approximate surface area is 112 Å². The zero-order valence-electron chi connectivity index (χ0n) is 10.8. The fourth-order valence-corrected chi connectivity index (χ4v) is 1.76. The van der Waals surface area contributed by atoms with Crippen molar-refractivity contribution in [2.75, 3.05) is 13.1 Å². The Kier molecular flexibility index (Phi) is 4.52. The van der Waals surface area contributed by atoms with Crippen molar-refractivity contribution in [1.82, 2.24) is 10.6 Å². The van der Waals surface area contributed by atoms with Gasteiger partial charge in [0.2, 0.25) is 5.91 Å². The topological polar surface area (TPSA) is 84.2 Å². The van der Waals surface area contributed by atoms with Crippen LogP contribution in [0.2, 0.25) is 0 Å². The Morgan fingerprint density at radius 2 is 1.89 bits per heavy atom. The van der Waals surface area contributed by atoms with E-state index in [4.69, 9.17) is 5.73 Å². The van der Waals surface area contributed by atoms with Crippen LogP contribution in [0.1, 0.15) is 28.8 Å². The van der Waals surface area contributed by atoms with Gasteiger partial charge in [0.05, 0.1) is 6.54 Å². The van der Waals surface area contributed by atoms with Crippen molar-refractivity contribution in [2.45, 2.75) is 25.3 Å². The van der Waals surface area contributed by atoms with Gasteiger partial charge in [-0.05, 0) is 43.5 Å². The maximum atomic E-state index is 11.8. The van der Waals surface area contributed by atoms with Crippen LogP contribution in [0.25, 0.3) is 0 Å². The highest BCUT2D eigenvalue weighted by Crippen LogP contribution is 2.18. The summed E-state index contributed by atoms with van der Waals surface area (Å²) in [5.41, 5.74) is 7.12.